The van der Waals surface area contributed by atoms with Crippen molar-refractivity contribution in [3.63, 3.8) is 0 Å². The van der Waals surface area contributed by atoms with Crippen LogP contribution in [0.2, 0.25) is 0 Å². The third-order valence-corrected chi connectivity index (χ3v) is 4.47. The largest absolute Gasteiger partial charge is 0.507 e. The van der Waals surface area contributed by atoms with E-state index >= 15 is 0 Å². The second-order valence-electron chi connectivity index (χ2n) is 5.98. The summed E-state index contributed by atoms with van der Waals surface area (Å²) in [6.45, 7) is 0. The predicted octanol–water partition coefficient (Wildman–Crippen LogP) is 2.83. The first-order valence-electron chi connectivity index (χ1n) is 7.97. The molecule has 6 heteroatoms. The molecule has 0 radical (unpaired) electrons. The number of hydrazine groups is 1. The van der Waals surface area contributed by atoms with E-state index in [4.69, 9.17) is 0 Å². The molecule has 6 nitrogen and oxygen atoms in total. The van der Waals surface area contributed by atoms with Gasteiger partial charge in [-0.2, -0.15) is 5.01 Å². The fourth-order valence-electron chi connectivity index (χ4n) is 3.20. The number of fused-ring (bicyclic) bond motifs is 3. The van der Waals surface area contributed by atoms with E-state index in [1.54, 1.807) is 54.6 Å². The van der Waals surface area contributed by atoms with Crippen molar-refractivity contribution >= 4 is 28.5 Å². The summed E-state index contributed by atoms with van der Waals surface area (Å²) >= 11 is 0. The number of hydrogen-bond acceptors (Lipinski definition) is 4. The monoisotopic (exact) mass is 346 g/mol. The normalized spacial score (nSPS) is 13.2. The summed E-state index contributed by atoms with van der Waals surface area (Å²) in [5.74, 6) is -1.79. The van der Waals surface area contributed by atoms with Crippen LogP contribution in [0.1, 0.15) is 31.1 Å². The van der Waals surface area contributed by atoms with Gasteiger partial charge in [0.1, 0.15) is 5.75 Å². The molecule has 0 saturated carbocycles. The van der Waals surface area contributed by atoms with E-state index in [1.165, 1.54) is 13.1 Å². The maximum Gasteiger partial charge on any atom is 0.281 e. The minimum absolute atomic E-state index is 0.0823. The zero-order valence-corrected chi connectivity index (χ0v) is 13.8. The Bertz CT molecular complexity index is 1080. The Morgan fingerprint density at radius 1 is 0.923 bits per heavy atom. The average molecular weight is 346 g/mol. The van der Waals surface area contributed by atoms with Gasteiger partial charge in [0.25, 0.3) is 17.7 Å². The number of carbonyl (C=O) groups is 3. The lowest BCUT2D eigenvalue weighted by molar-refractivity contribution is 0.0128. The molecule has 0 fully saturated rings. The number of phenols is 1. The van der Waals surface area contributed by atoms with Crippen LogP contribution in [0.3, 0.4) is 0 Å². The lowest BCUT2D eigenvalue weighted by atomic mass is 9.99. The van der Waals surface area contributed by atoms with Gasteiger partial charge in [-0.25, -0.2) is 5.01 Å². The van der Waals surface area contributed by atoms with E-state index in [0.717, 1.165) is 10.0 Å². The molecule has 3 aromatic rings. The Morgan fingerprint density at radius 2 is 1.54 bits per heavy atom. The lowest BCUT2D eigenvalue weighted by Gasteiger charge is -2.25. The second kappa shape index (κ2) is 5.70. The van der Waals surface area contributed by atoms with Crippen LogP contribution in [0.15, 0.2) is 60.7 Å². The summed E-state index contributed by atoms with van der Waals surface area (Å²) in [4.78, 5) is 38.4. The van der Waals surface area contributed by atoms with E-state index in [-0.39, 0.29) is 16.9 Å². The zero-order chi connectivity index (χ0) is 18.4. The molecule has 3 amide bonds. The van der Waals surface area contributed by atoms with Gasteiger partial charge in [-0.3, -0.25) is 14.4 Å². The Kier molecular flexibility index (Phi) is 3.47. The van der Waals surface area contributed by atoms with E-state index < -0.39 is 17.7 Å². The quantitative estimate of drug-likeness (QED) is 0.724. The molecular weight excluding hydrogens is 332 g/mol. The van der Waals surface area contributed by atoms with Crippen molar-refractivity contribution in [3.8, 4) is 5.75 Å². The van der Waals surface area contributed by atoms with E-state index in [1.807, 2.05) is 0 Å². The molecule has 0 aromatic heterocycles. The molecule has 1 heterocycles. The van der Waals surface area contributed by atoms with Crippen LogP contribution in [0, 0.1) is 0 Å². The van der Waals surface area contributed by atoms with Gasteiger partial charge in [0.15, 0.2) is 0 Å². The van der Waals surface area contributed by atoms with Crippen LogP contribution >= 0.6 is 0 Å². The minimum atomic E-state index is -0.641. The Labute approximate surface area is 148 Å². The smallest absolute Gasteiger partial charge is 0.281 e. The van der Waals surface area contributed by atoms with E-state index in [9.17, 15) is 19.5 Å². The van der Waals surface area contributed by atoms with Crippen molar-refractivity contribution in [2.75, 3.05) is 7.05 Å². The Balaban J connectivity index is 1.81. The van der Waals surface area contributed by atoms with Gasteiger partial charge < -0.3 is 5.11 Å². The number of nitrogens with zero attached hydrogens (tertiary/aromatic N) is 2. The van der Waals surface area contributed by atoms with Gasteiger partial charge in [-0.1, -0.05) is 42.5 Å². The van der Waals surface area contributed by atoms with Crippen molar-refractivity contribution in [1.82, 2.24) is 10.0 Å². The van der Waals surface area contributed by atoms with Crippen LogP contribution < -0.4 is 0 Å². The van der Waals surface area contributed by atoms with Gasteiger partial charge in [0.05, 0.1) is 11.1 Å². The zero-order valence-electron chi connectivity index (χ0n) is 13.8. The number of hydrogen-bond donors (Lipinski definition) is 1. The summed E-state index contributed by atoms with van der Waals surface area (Å²) in [5.41, 5.74) is 0.634. The molecule has 0 saturated heterocycles. The number of phenolic OH excluding ortho intramolecular Hbond substituents is 1. The van der Waals surface area contributed by atoms with Gasteiger partial charge in [-0.15, -0.1) is 0 Å². The molecule has 4 rings (SSSR count). The number of aromatic hydroxyl groups is 1. The first-order valence-corrected chi connectivity index (χ1v) is 7.97. The maximum atomic E-state index is 12.9. The molecule has 0 aliphatic carbocycles. The molecule has 1 aliphatic rings. The lowest BCUT2D eigenvalue weighted by Crippen LogP contribution is -2.47. The van der Waals surface area contributed by atoms with Crippen LogP contribution in [0.25, 0.3) is 10.8 Å². The van der Waals surface area contributed by atoms with Gasteiger partial charge in [-0.05, 0) is 23.6 Å². The second-order valence-corrected chi connectivity index (χ2v) is 5.98. The van der Waals surface area contributed by atoms with Crippen molar-refractivity contribution in [3.05, 3.63) is 77.4 Å². The van der Waals surface area contributed by atoms with Crippen LogP contribution in [-0.2, 0) is 0 Å². The molecule has 128 valence electrons. The molecule has 26 heavy (non-hydrogen) atoms. The summed E-state index contributed by atoms with van der Waals surface area (Å²) < 4.78 is 0. The van der Waals surface area contributed by atoms with Crippen molar-refractivity contribution in [2.24, 2.45) is 0 Å². The summed E-state index contributed by atoms with van der Waals surface area (Å²) in [5, 5.41) is 13.0. The van der Waals surface area contributed by atoms with Crippen LogP contribution in [0.5, 0.6) is 5.75 Å². The third-order valence-electron chi connectivity index (χ3n) is 4.47. The summed E-state index contributed by atoms with van der Waals surface area (Å²) in [7, 11) is 1.37. The Morgan fingerprint density at radius 3 is 2.23 bits per heavy atom. The fraction of sp³-hybridized carbons (Fsp3) is 0.0500. The highest BCUT2D eigenvalue weighted by atomic mass is 16.3. The molecular formula is C20H14N2O4. The number of amides is 3. The highest BCUT2D eigenvalue weighted by Crippen LogP contribution is 2.36. The summed E-state index contributed by atoms with van der Waals surface area (Å²) in [6.07, 6.45) is 0. The number of rotatable bonds is 2. The standard InChI is InChI=1S/C20H14N2O4/c1-21(18(24)12-7-3-2-4-8-12)22-19(25)15-11-16(23)13-9-5-6-10-14(13)17(15)20(22)26/h2-11,23H,1H3. The van der Waals surface area contributed by atoms with Gasteiger partial charge in [0, 0.05) is 18.0 Å². The highest BCUT2D eigenvalue weighted by molar-refractivity contribution is 6.27. The minimum Gasteiger partial charge on any atom is -0.507 e. The van der Waals surface area contributed by atoms with E-state index in [0.29, 0.717) is 16.3 Å². The molecule has 0 unspecified atom stereocenters. The van der Waals surface area contributed by atoms with Crippen molar-refractivity contribution in [1.29, 1.82) is 0 Å². The molecule has 1 N–H and O–H groups in total. The van der Waals surface area contributed by atoms with Gasteiger partial charge >= 0.3 is 0 Å². The van der Waals surface area contributed by atoms with Crippen molar-refractivity contribution in [2.45, 2.75) is 0 Å². The SMILES string of the molecule is CN(C(=O)c1ccccc1)N1C(=O)c2cc(O)c3ccccc3c2C1=O. The Hall–Kier alpha value is -3.67. The number of imide groups is 1. The van der Waals surface area contributed by atoms with Gasteiger partial charge in [0.2, 0.25) is 0 Å². The molecule has 3 aromatic carbocycles. The molecule has 0 spiro atoms. The first kappa shape index (κ1) is 15.8. The average Bonchev–Trinajstić information content (AvgIpc) is 2.92. The predicted molar refractivity (Wildman–Crippen MR) is 94.6 cm³/mol. The molecule has 0 atom stereocenters. The highest BCUT2D eigenvalue weighted by Gasteiger charge is 2.41. The van der Waals surface area contributed by atoms with Crippen molar-refractivity contribution < 1.29 is 19.5 Å². The number of benzene rings is 3. The van der Waals surface area contributed by atoms with Crippen LogP contribution in [-0.4, -0.2) is 39.9 Å². The third kappa shape index (κ3) is 2.16. The summed E-state index contributed by atoms with van der Waals surface area (Å²) in [6, 6.07) is 16.5. The van der Waals surface area contributed by atoms with E-state index in [2.05, 4.69) is 0 Å². The maximum absolute atomic E-state index is 12.9. The number of carbonyl (C=O) groups excluding carboxylic acids is 3. The molecule has 1 aliphatic heterocycles. The topological polar surface area (TPSA) is 77.9 Å². The first-order chi connectivity index (χ1) is 12.5. The molecule has 0 bridgehead atoms. The van der Waals surface area contributed by atoms with Crippen LogP contribution in [0.4, 0.5) is 0 Å². The fourth-order valence-corrected chi connectivity index (χ4v) is 3.20.